The van der Waals surface area contributed by atoms with E-state index in [4.69, 9.17) is 4.42 Å². The molecule has 1 amide bonds. The molecule has 1 aromatic heterocycles. The van der Waals surface area contributed by atoms with Gasteiger partial charge in [-0.3, -0.25) is 9.69 Å². The zero-order chi connectivity index (χ0) is 21.1. The van der Waals surface area contributed by atoms with Crippen molar-refractivity contribution < 1.29 is 9.21 Å². The van der Waals surface area contributed by atoms with Crippen LogP contribution in [0, 0.1) is 13.8 Å². The second-order valence-corrected chi connectivity index (χ2v) is 8.30. The van der Waals surface area contributed by atoms with Crippen LogP contribution in [0.25, 0.3) is 0 Å². The Bertz CT molecular complexity index is 1010. The number of hydrogen-bond donors (Lipinski definition) is 1. The van der Waals surface area contributed by atoms with Crippen LogP contribution >= 0.6 is 0 Å². The van der Waals surface area contributed by atoms with Crippen molar-refractivity contribution in [1.82, 2.24) is 15.2 Å². The molecule has 0 unspecified atom stereocenters. The molecular formula is C25H29N3O2. The van der Waals surface area contributed by atoms with Gasteiger partial charge in [-0.05, 0) is 50.3 Å². The predicted octanol–water partition coefficient (Wildman–Crippen LogP) is 4.95. The Morgan fingerprint density at radius 2 is 1.93 bits per heavy atom. The van der Waals surface area contributed by atoms with Crippen molar-refractivity contribution in [2.45, 2.75) is 58.8 Å². The highest BCUT2D eigenvalue weighted by Crippen LogP contribution is 2.26. The van der Waals surface area contributed by atoms with Crippen LogP contribution < -0.4 is 5.32 Å². The van der Waals surface area contributed by atoms with Crippen LogP contribution in [-0.4, -0.2) is 21.8 Å². The summed E-state index contributed by atoms with van der Waals surface area (Å²) in [5.74, 6) is 0.410. The summed E-state index contributed by atoms with van der Waals surface area (Å²) in [6, 6.07) is 17.5. The molecule has 1 heterocycles. The molecule has 0 spiro atoms. The van der Waals surface area contributed by atoms with Crippen LogP contribution in [0.1, 0.15) is 64.4 Å². The molecule has 3 aromatic rings. The zero-order valence-corrected chi connectivity index (χ0v) is 17.9. The van der Waals surface area contributed by atoms with E-state index >= 15 is 0 Å². The second kappa shape index (κ2) is 8.84. The smallest absolute Gasteiger partial charge is 0.273 e. The van der Waals surface area contributed by atoms with Gasteiger partial charge in [-0.15, -0.1) is 0 Å². The SMILES string of the molecule is Cc1ccc(CN(Cc2nc(C(=O)NC3CC3)co2)[C@H](C)c2ccccc2)c(C)c1. The standard InChI is InChI=1S/C25H29N3O2/c1-17-9-10-21(18(2)13-17)14-28(19(3)20-7-5-4-6-8-20)15-24-27-23(16-30-24)25(29)26-22-11-12-22/h4-10,13,16,19,22H,11-12,14-15H2,1-3H3,(H,26,29)/t19-/m1/s1. The van der Waals surface area contributed by atoms with Crippen LogP contribution in [0.4, 0.5) is 0 Å². The maximum Gasteiger partial charge on any atom is 0.273 e. The monoisotopic (exact) mass is 403 g/mol. The van der Waals surface area contributed by atoms with Gasteiger partial charge in [0.2, 0.25) is 5.89 Å². The summed E-state index contributed by atoms with van der Waals surface area (Å²) in [6.07, 6.45) is 3.57. The molecule has 30 heavy (non-hydrogen) atoms. The zero-order valence-electron chi connectivity index (χ0n) is 17.9. The van der Waals surface area contributed by atoms with E-state index in [9.17, 15) is 4.79 Å². The quantitative estimate of drug-likeness (QED) is 0.578. The number of hydrogen-bond acceptors (Lipinski definition) is 4. The minimum absolute atomic E-state index is 0.149. The van der Waals surface area contributed by atoms with Gasteiger partial charge in [0.05, 0.1) is 6.54 Å². The molecule has 0 saturated heterocycles. The fourth-order valence-corrected chi connectivity index (χ4v) is 3.66. The van der Waals surface area contributed by atoms with Gasteiger partial charge >= 0.3 is 0 Å². The van der Waals surface area contributed by atoms with Crippen molar-refractivity contribution in [2.24, 2.45) is 0 Å². The largest absolute Gasteiger partial charge is 0.447 e. The Morgan fingerprint density at radius 1 is 1.17 bits per heavy atom. The number of nitrogens with zero attached hydrogens (tertiary/aromatic N) is 2. The molecule has 5 nitrogen and oxygen atoms in total. The van der Waals surface area contributed by atoms with Crippen LogP contribution in [0.2, 0.25) is 0 Å². The van der Waals surface area contributed by atoms with Crippen molar-refractivity contribution in [3.05, 3.63) is 88.6 Å². The molecule has 1 saturated carbocycles. The highest BCUT2D eigenvalue weighted by molar-refractivity contribution is 5.92. The summed E-state index contributed by atoms with van der Waals surface area (Å²) in [6.45, 7) is 7.76. The van der Waals surface area contributed by atoms with Crippen molar-refractivity contribution in [3.63, 3.8) is 0 Å². The predicted molar refractivity (Wildman–Crippen MR) is 117 cm³/mol. The summed E-state index contributed by atoms with van der Waals surface area (Å²) < 4.78 is 5.68. The van der Waals surface area contributed by atoms with E-state index in [0.717, 1.165) is 19.4 Å². The van der Waals surface area contributed by atoms with Gasteiger partial charge in [0.25, 0.3) is 5.91 Å². The normalized spacial score (nSPS) is 14.7. The number of benzene rings is 2. The van der Waals surface area contributed by atoms with Crippen LogP contribution in [0.5, 0.6) is 0 Å². The molecule has 2 aromatic carbocycles. The first-order valence-electron chi connectivity index (χ1n) is 10.6. The molecule has 1 atom stereocenters. The molecule has 1 fully saturated rings. The Morgan fingerprint density at radius 3 is 2.63 bits per heavy atom. The molecule has 156 valence electrons. The average Bonchev–Trinajstić information content (AvgIpc) is 3.43. The summed E-state index contributed by atoms with van der Waals surface area (Å²) in [4.78, 5) is 19.1. The van der Waals surface area contributed by atoms with Gasteiger partial charge in [-0.1, -0.05) is 54.1 Å². The fraction of sp³-hybridized carbons (Fsp3) is 0.360. The minimum atomic E-state index is -0.149. The maximum atomic E-state index is 12.3. The van der Waals surface area contributed by atoms with Crippen molar-refractivity contribution in [3.8, 4) is 0 Å². The van der Waals surface area contributed by atoms with E-state index in [1.54, 1.807) is 0 Å². The molecule has 4 rings (SSSR count). The van der Waals surface area contributed by atoms with E-state index in [2.05, 4.69) is 78.4 Å². The number of carbonyl (C=O) groups excluding carboxylic acids is 1. The highest BCUT2D eigenvalue weighted by Gasteiger charge is 2.26. The number of aryl methyl sites for hydroxylation is 2. The van der Waals surface area contributed by atoms with E-state index in [-0.39, 0.29) is 11.9 Å². The third kappa shape index (κ3) is 4.97. The molecule has 0 bridgehead atoms. The molecule has 1 N–H and O–H groups in total. The fourth-order valence-electron chi connectivity index (χ4n) is 3.66. The van der Waals surface area contributed by atoms with Crippen LogP contribution in [0.15, 0.2) is 59.2 Å². The minimum Gasteiger partial charge on any atom is -0.447 e. The van der Waals surface area contributed by atoms with Gasteiger partial charge in [0.1, 0.15) is 6.26 Å². The second-order valence-electron chi connectivity index (χ2n) is 8.30. The average molecular weight is 404 g/mol. The number of oxazole rings is 1. The molecule has 5 heteroatoms. The molecule has 0 aliphatic heterocycles. The Hall–Kier alpha value is -2.92. The van der Waals surface area contributed by atoms with E-state index < -0.39 is 0 Å². The van der Waals surface area contributed by atoms with Gasteiger partial charge in [0, 0.05) is 18.6 Å². The Balaban J connectivity index is 1.55. The lowest BCUT2D eigenvalue weighted by Gasteiger charge is -2.29. The Labute approximate surface area is 178 Å². The lowest BCUT2D eigenvalue weighted by atomic mass is 10.0. The van der Waals surface area contributed by atoms with E-state index in [1.165, 1.54) is 28.5 Å². The summed E-state index contributed by atoms with van der Waals surface area (Å²) >= 11 is 0. The molecule has 1 aliphatic rings. The van der Waals surface area contributed by atoms with Crippen LogP contribution in [-0.2, 0) is 13.1 Å². The molecule has 0 radical (unpaired) electrons. The number of carbonyl (C=O) groups is 1. The maximum absolute atomic E-state index is 12.3. The summed E-state index contributed by atoms with van der Waals surface area (Å²) in [5, 5.41) is 2.96. The first-order valence-corrected chi connectivity index (χ1v) is 10.6. The Kier molecular flexibility index (Phi) is 6.00. The topological polar surface area (TPSA) is 58.4 Å². The number of nitrogens with one attached hydrogen (secondary N) is 1. The van der Waals surface area contributed by atoms with E-state index in [1.807, 2.05) is 6.07 Å². The number of rotatable bonds is 8. The summed E-state index contributed by atoms with van der Waals surface area (Å²) in [5.41, 5.74) is 5.41. The van der Waals surface area contributed by atoms with E-state index in [0.29, 0.717) is 24.2 Å². The van der Waals surface area contributed by atoms with Crippen molar-refractivity contribution >= 4 is 5.91 Å². The first-order chi connectivity index (χ1) is 14.5. The molecular weight excluding hydrogens is 374 g/mol. The highest BCUT2D eigenvalue weighted by atomic mass is 16.3. The van der Waals surface area contributed by atoms with Gasteiger partial charge < -0.3 is 9.73 Å². The first kappa shape index (κ1) is 20.4. The van der Waals surface area contributed by atoms with Gasteiger partial charge in [0.15, 0.2) is 5.69 Å². The summed E-state index contributed by atoms with van der Waals surface area (Å²) in [7, 11) is 0. The van der Waals surface area contributed by atoms with Gasteiger partial charge in [-0.2, -0.15) is 0 Å². The van der Waals surface area contributed by atoms with Gasteiger partial charge in [-0.25, -0.2) is 4.98 Å². The molecule has 1 aliphatic carbocycles. The van der Waals surface area contributed by atoms with Crippen molar-refractivity contribution in [2.75, 3.05) is 0 Å². The van der Waals surface area contributed by atoms with Crippen LogP contribution in [0.3, 0.4) is 0 Å². The number of aromatic nitrogens is 1. The number of amides is 1. The lowest BCUT2D eigenvalue weighted by Crippen LogP contribution is -2.27. The van der Waals surface area contributed by atoms with Crippen molar-refractivity contribution in [1.29, 1.82) is 0 Å². The third-order valence-electron chi connectivity index (χ3n) is 5.74. The lowest BCUT2D eigenvalue weighted by molar-refractivity contribution is 0.0946. The third-order valence-corrected chi connectivity index (χ3v) is 5.74.